The fourth-order valence-electron chi connectivity index (χ4n) is 2.28. The van der Waals surface area contributed by atoms with Crippen molar-refractivity contribution in [2.45, 2.75) is 9.79 Å². The van der Waals surface area contributed by atoms with Gasteiger partial charge in [0.1, 0.15) is 0 Å². The quantitative estimate of drug-likeness (QED) is 0.598. The number of carbonyl (C=O) groups is 1. The number of nitrogens with two attached hydrogens (primary N) is 1. The highest BCUT2D eigenvalue weighted by Crippen LogP contribution is 2.47. The zero-order chi connectivity index (χ0) is 15.0. The van der Waals surface area contributed by atoms with Gasteiger partial charge in [0, 0.05) is 35.3 Å². The van der Waals surface area contributed by atoms with Gasteiger partial charge in [0.25, 0.3) is 5.91 Å². The minimum Gasteiger partial charge on any atom is -0.388 e. The van der Waals surface area contributed by atoms with Crippen LogP contribution in [0.15, 0.2) is 40.1 Å². The highest BCUT2D eigenvalue weighted by molar-refractivity contribution is 7.99. The molecular weight excluding hydrogens is 284 g/mol. The Labute approximate surface area is 127 Å². The molecule has 2 aromatic carbocycles. The normalized spacial score (nSPS) is 11.9. The lowest BCUT2D eigenvalue weighted by Crippen LogP contribution is -2.15. The fourth-order valence-corrected chi connectivity index (χ4v) is 3.38. The van der Waals surface area contributed by atoms with Crippen molar-refractivity contribution in [3.8, 4) is 0 Å². The third kappa shape index (κ3) is 2.38. The monoisotopic (exact) mass is 300 g/mol. The standard InChI is InChI=1S/C15H16N4OS/c1-17-8-3-4-11-12(6-8)21-13-7-9(18-2)5-10(15(16)20)14(13)19-11/h3-7,17-19H,1-2H3,(H2,16,20). The molecule has 0 spiro atoms. The van der Waals surface area contributed by atoms with E-state index in [4.69, 9.17) is 5.73 Å². The topological polar surface area (TPSA) is 79.2 Å². The number of fused-ring (bicyclic) bond motifs is 2. The van der Waals surface area contributed by atoms with E-state index in [1.54, 1.807) is 17.8 Å². The van der Waals surface area contributed by atoms with Crippen LogP contribution < -0.4 is 21.7 Å². The molecular formula is C15H16N4OS. The molecule has 1 amide bonds. The molecule has 0 radical (unpaired) electrons. The van der Waals surface area contributed by atoms with E-state index in [1.165, 1.54) is 0 Å². The Hall–Kier alpha value is -2.34. The van der Waals surface area contributed by atoms with Crippen molar-refractivity contribution in [3.63, 3.8) is 0 Å². The van der Waals surface area contributed by atoms with E-state index in [2.05, 4.69) is 22.0 Å². The van der Waals surface area contributed by atoms with E-state index < -0.39 is 5.91 Å². The van der Waals surface area contributed by atoms with E-state index in [0.717, 1.165) is 32.5 Å². The summed E-state index contributed by atoms with van der Waals surface area (Å²) in [6, 6.07) is 9.83. The molecule has 0 atom stereocenters. The number of rotatable bonds is 3. The van der Waals surface area contributed by atoms with Gasteiger partial charge in [-0.3, -0.25) is 4.79 Å². The molecule has 6 heteroatoms. The highest BCUT2D eigenvalue weighted by Gasteiger charge is 2.22. The molecule has 108 valence electrons. The predicted molar refractivity (Wildman–Crippen MR) is 87.9 cm³/mol. The van der Waals surface area contributed by atoms with Crippen LogP contribution in [0.5, 0.6) is 0 Å². The Morgan fingerprint density at radius 2 is 1.81 bits per heavy atom. The molecule has 1 heterocycles. The summed E-state index contributed by atoms with van der Waals surface area (Å²) in [5.74, 6) is -0.438. The second-order valence-electron chi connectivity index (χ2n) is 4.70. The number of amides is 1. The average Bonchev–Trinajstić information content (AvgIpc) is 2.50. The first-order valence-corrected chi connectivity index (χ1v) is 7.36. The Balaban J connectivity index is 2.11. The lowest BCUT2D eigenvalue weighted by Gasteiger charge is -2.24. The average molecular weight is 300 g/mol. The van der Waals surface area contributed by atoms with E-state index in [0.29, 0.717) is 5.56 Å². The van der Waals surface area contributed by atoms with Crippen molar-refractivity contribution < 1.29 is 4.79 Å². The van der Waals surface area contributed by atoms with Gasteiger partial charge >= 0.3 is 0 Å². The van der Waals surface area contributed by atoms with Crippen molar-refractivity contribution in [2.75, 3.05) is 30.0 Å². The lowest BCUT2D eigenvalue weighted by atomic mass is 10.1. The van der Waals surface area contributed by atoms with Crippen molar-refractivity contribution in [3.05, 3.63) is 35.9 Å². The zero-order valence-electron chi connectivity index (χ0n) is 11.8. The first kappa shape index (κ1) is 13.6. The van der Waals surface area contributed by atoms with Crippen molar-refractivity contribution in [2.24, 2.45) is 5.73 Å². The van der Waals surface area contributed by atoms with Gasteiger partial charge in [0.15, 0.2) is 0 Å². The first-order valence-electron chi connectivity index (χ1n) is 6.54. The number of primary amides is 1. The van der Waals surface area contributed by atoms with Gasteiger partial charge in [-0.1, -0.05) is 11.8 Å². The Bertz CT molecular complexity index is 730. The Morgan fingerprint density at radius 3 is 2.48 bits per heavy atom. The van der Waals surface area contributed by atoms with Crippen LogP contribution >= 0.6 is 11.8 Å². The molecule has 0 saturated heterocycles. The van der Waals surface area contributed by atoms with Crippen LogP contribution in [0.1, 0.15) is 10.4 Å². The van der Waals surface area contributed by atoms with Crippen molar-refractivity contribution >= 4 is 40.4 Å². The maximum Gasteiger partial charge on any atom is 0.250 e. The number of nitrogens with one attached hydrogen (secondary N) is 3. The van der Waals surface area contributed by atoms with E-state index in [-0.39, 0.29) is 0 Å². The fraction of sp³-hybridized carbons (Fsp3) is 0.133. The molecule has 1 aliphatic heterocycles. The van der Waals surface area contributed by atoms with Crippen LogP contribution in [-0.4, -0.2) is 20.0 Å². The summed E-state index contributed by atoms with van der Waals surface area (Å²) < 4.78 is 0. The highest BCUT2D eigenvalue weighted by atomic mass is 32.2. The van der Waals surface area contributed by atoms with Gasteiger partial charge in [0.05, 0.1) is 16.9 Å². The smallest absolute Gasteiger partial charge is 0.250 e. The van der Waals surface area contributed by atoms with Gasteiger partial charge in [-0.25, -0.2) is 0 Å². The molecule has 3 rings (SSSR count). The minimum absolute atomic E-state index is 0.438. The molecule has 0 aromatic heterocycles. The number of carbonyl (C=O) groups excluding carboxylic acids is 1. The number of benzene rings is 2. The van der Waals surface area contributed by atoms with Crippen LogP contribution in [0.25, 0.3) is 0 Å². The molecule has 0 saturated carbocycles. The zero-order valence-corrected chi connectivity index (χ0v) is 12.6. The van der Waals surface area contributed by atoms with Gasteiger partial charge in [-0.2, -0.15) is 0 Å². The van der Waals surface area contributed by atoms with Crippen LogP contribution in [0.4, 0.5) is 22.7 Å². The molecule has 5 N–H and O–H groups in total. The maximum atomic E-state index is 11.7. The second kappa shape index (κ2) is 5.21. The molecule has 0 fully saturated rings. The van der Waals surface area contributed by atoms with Gasteiger partial charge in [-0.15, -0.1) is 0 Å². The molecule has 5 nitrogen and oxygen atoms in total. The first-order chi connectivity index (χ1) is 10.1. The predicted octanol–water partition coefficient (Wildman–Crippen LogP) is 3.08. The third-order valence-corrected chi connectivity index (χ3v) is 4.51. The summed E-state index contributed by atoms with van der Waals surface area (Å²) in [4.78, 5) is 13.8. The largest absolute Gasteiger partial charge is 0.388 e. The van der Waals surface area contributed by atoms with E-state index in [1.807, 2.05) is 32.3 Å². The lowest BCUT2D eigenvalue weighted by molar-refractivity contribution is 0.100. The maximum absolute atomic E-state index is 11.7. The van der Waals surface area contributed by atoms with Crippen molar-refractivity contribution in [1.29, 1.82) is 0 Å². The summed E-state index contributed by atoms with van der Waals surface area (Å²) >= 11 is 1.62. The van der Waals surface area contributed by atoms with Crippen molar-refractivity contribution in [1.82, 2.24) is 0 Å². The van der Waals surface area contributed by atoms with Gasteiger partial charge < -0.3 is 21.7 Å². The second-order valence-corrected chi connectivity index (χ2v) is 5.78. The number of hydrogen-bond acceptors (Lipinski definition) is 5. The molecule has 21 heavy (non-hydrogen) atoms. The summed E-state index contributed by atoms with van der Waals surface area (Å²) in [6.07, 6.45) is 0. The van der Waals surface area contributed by atoms with Crippen LogP contribution in [0.2, 0.25) is 0 Å². The molecule has 0 unspecified atom stereocenters. The summed E-state index contributed by atoms with van der Waals surface area (Å²) in [6.45, 7) is 0. The Morgan fingerprint density at radius 1 is 1.10 bits per heavy atom. The van der Waals surface area contributed by atoms with Gasteiger partial charge in [-0.05, 0) is 30.3 Å². The third-order valence-electron chi connectivity index (χ3n) is 3.41. The summed E-state index contributed by atoms with van der Waals surface area (Å²) in [5.41, 5.74) is 9.66. The van der Waals surface area contributed by atoms with E-state index in [9.17, 15) is 4.79 Å². The van der Waals surface area contributed by atoms with Gasteiger partial charge in [0.2, 0.25) is 0 Å². The Kier molecular flexibility index (Phi) is 3.39. The summed E-state index contributed by atoms with van der Waals surface area (Å²) in [7, 11) is 3.71. The van der Waals surface area contributed by atoms with Crippen LogP contribution in [0.3, 0.4) is 0 Å². The number of anilines is 4. The minimum atomic E-state index is -0.438. The van der Waals surface area contributed by atoms with Crippen LogP contribution in [-0.2, 0) is 0 Å². The SMILES string of the molecule is CNc1ccc2c(c1)Sc1cc(NC)cc(C(N)=O)c1N2. The number of hydrogen-bond donors (Lipinski definition) is 4. The molecule has 0 aliphatic carbocycles. The molecule has 0 bridgehead atoms. The molecule has 2 aromatic rings. The van der Waals surface area contributed by atoms with Crippen LogP contribution in [0, 0.1) is 0 Å². The molecule has 1 aliphatic rings. The van der Waals surface area contributed by atoms with E-state index >= 15 is 0 Å². The summed E-state index contributed by atoms with van der Waals surface area (Å²) in [5, 5.41) is 9.50.